The van der Waals surface area contributed by atoms with Crippen LogP contribution in [0.4, 0.5) is 11.8 Å². The van der Waals surface area contributed by atoms with Crippen molar-refractivity contribution in [1.82, 2.24) is 14.9 Å². The number of fused-ring (bicyclic) bond motifs is 3. The molecule has 1 aliphatic heterocycles. The van der Waals surface area contributed by atoms with Crippen LogP contribution in [0.5, 0.6) is 0 Å². The SMILES string of the molecule is CC#CCn1c(N2CCC[C@@H](N)C2)nc(NC)c1C(=O)NCc1ccc2oc3ccccc3c2c1. The topological polar surface area (TPSA) is 101 Å². The predicted octanol–water partition coefficient (Wildman–Crippen LogP) is 3.71. The van der Waals surface area contributed by atoms with Crippen LogP contribution in [0.1, 0.15) is 35.8 Å². The number of anilines is 2. The number of benzene rings is 2. The smallest absolute Gasteiger partial charge is 0.272 e. The number of nitrogens with two attached hydrogens (primary N) is 1. The number of hydrogen-bond acceptors (Lipinski definition) is 6. The van der Waals surface area contributed by atoms with E-state index in [-0.39, 0.29) is 11.9 Å². The summed E-state index contributed by atoms with van der Waals surface area (Å²) in [5.74, 6) is 7.08. The van der Waals surface area contributed by atoms with Gasteiger partial charge in [0.15, 0.2) is 11.5 Å². The molecule has 35 heavy (non-hydrogen) atoms. The molecule has 1 aliphatic rings. The molecular weight excluding hydrogens is 440 g/mol. The molecule has 5 rings (SSSR count). The van der Waals surface area contributed by atoms with Crippen molar-refractivity contribution < 1.29 is 9.21 Å². The number of imidazole rings is 1. The lowest BCUT2D eigenvalue weighted by atomic mass is 10.1. The first-order valence-corrected chi connectivity index (χ1v) is 12.0. The van der Waals surface area contributed by atoms with Gasteiger partial charge < -0.3 is 25.7 Å². The molecule has 180 valence electrons. The van der Waals surface area contributed by atoms with Crippen LogP contribution in [0.25, 0.3) is 21.9 Å². The maximum atomic E-state index is 13.4. The van der Waals surface area contributed by atoms with Crippen LogP contribution in [0.2, 0.25) is 0 Å². The Morgan fingerprint density at radius 1 is 1.23 bits per heavy atom. The Hall–Kier alpha value is -3.96. The number of nitrogens with one attached hydrogen (secondary N) is 2. The standard InChI is InChI=1S/C27H30N6O2/c1-3-4-14-33-24(25(29-2)31-27(33)32-13-7-8-19(28)17-32)26(34)30-16-18-11-12-23-21(15-18)20-9-5-6-10-22(20)35-23/h5-6,9-12,15,19,29H,7-8,13-14,16-17,28H2,1-2H3,(H,30,34)/t19-/m1/s1. The van der Waals surface area contributed by atoms with Gasteiger partial charge >= 0.3 is 0 Å². The van der Waals surface area contributed by atoms with Gasteiger partial charge in [-0.15, -0.1) is 5.92 Å². The number of nitrogens with zero attached hydrogens (tertiary/aromatic N) is 3. The summed E-state index contributed by atoms with van der Waals surface area (Å²) < 4.78 is 7.81. The summed E-state index contributed by atoms with van der Waals surface area (Å²) in [5, 5.41) is 8.27. The van der Waals surface area contributed by atoms with E-state index in [4.69, 9.17) is 15.1 Å². The second-order valence-electron chi connectivity index (χ2n) is 8.83. The Morgan fingerprint density at radius 2 is 2.06 bits per heavy atom. The zero-order valence-electron chi connectivity index (χ0n) is 20.1. The molecule has 1 atom stereocenters. The first kappa shape index (κ1) is 22.8. The van der Waals surface area contributed by atoms with Gasteiger partial charge in [0.1, 0.15) is 11.2 Å². The summed E-state index contributed by atoms with van der Waals surface area (Å²) >= 11 is 0. The third-order valence-electron chi connectivity index (χ3n) is 6.45. The minimum atomic E-state index is -0.204. The van der Waals surface area contributed by atoms with Gasteiger partial charge in [-0.3, -0.25) is 9.36 Å². The van der Waals surface area contributed by atoms with Crippen LogP contribution in [0.15, 0.2) is 46.9 Å². The molecule has 1 fully saturated rings. The van der Waals surface area contributed by atoms with Gasteiger partial charge in [0, 0.05) is 43.5 Å². The maximum absolute atomic E-state index is 13.4. The van der Waals surface area contributed by atoms with E-state index in [9.17, 15) is 4.79 Å². The van der Waals surface area contributed by atoms with E-state index < -0.39 is 0 Å². The Morgan fingerprint density at radius 3 is 2.86 bits per heavy atom. The molecule has 0 bridgehead atoms. The highest BCUT2D eigenvalue weighted by molar-refractivity contribution is 6.05. The van der Waals surface area contributed by atoms with Gasteiger partial charge in [-0.25, -0.2) is 0 Å². The lowest BCUT2D eigenvalue weighted by Gasteiger charge is -2.31. The van der Waals surface area contributed by atoms with Crippen molar-refractivity contribution >= 4 is 39.6 Å². The lowest BCUT2D eigenvalue weighted by Crippen LogP contribution is -2.44. The molecule has 4 N–H and O–H groups in total. The molecule has 2 aromatic carbocycles. The van der Waals surface area contributed by atoms with Crippen molar-refractivity contribution in [2.45, 2.75) is 38.9 Å². The molecule has 0 unspecified atom stereocenters. The second kappa shape index (κ2) is 9.72. The summed E-state index contributed by atoms with van der Waals surface area (Å²) in [4.78, 5) is 20.4. The largest absolute Gasteiger partial charge is 0.456 e. The number of carbonyl (C=O) groups excluding carboxylic acids is 1. The average Bonchev–Trinajstić information content (AvgIpc) is 3.44. The highest BCUT2D eigenvalue weighted by Crippen LogP contribution is 2.29. The number of carbonyl (C=O) groups is 1. The fourth-order valence-corrected chi connectivity index (χ4v) is 4.74. The number of piperidine rings is 1. The zero-order chi connectivity index (χ0) is 24.4. The normalized spacial score (nSPS) is 15.7. The molecule has 3 heterocycles. The van der Waals surface area contributed by atoms with Gasteiger partial charge in [-0.1, -0.05) is 30.2 Å². The molecule has 0 spiro atoms. The van der Waals surface area contributed by atoms with E-state index >= 15 is 0 Å². The highest BCUT2D eigenvalue weighted by Gasteiger charge is 2.27. The number of rotatable bonds is 6. The molecule has 8 nitrogen and oxygen atoms in total. The first-order valence-electron chi connectivity index (χ1n) is 12.0. The van der Waals surface area contributed by atoms with Crippen molar-refractivity contribution in [3.63, 3.8) is 0 Å². The summed E-state index contributed by atoms with van der Waals surface area (Å²) in [5.41, 5.74) is 9.37. The van der Waals surface area contributed by atoms with Gasteiger partial charge in [0.2, 0.25) is 5.95 Å². The summed E-state index contributed by atoms with van der Waals surface area (Å²) in [6.45, 7) is 4.11. The Kier molecular flexibility index (Phi) is 6.34. The molecule has 4 aromatic rings. The molecule has 2 aromatic heterocycles. The molecule has 1 saturated heterocycles. The van der Waals surface area contributed by atoms with Crippen LogP contribution in [0, 0.1) is 11.8 Å². The van der Waals surface area contributed by atoms with E-state index in [0.717, 1.165) is 52.8 Å². The van der Waals surface area contributed by atoms with E-state index in [0.29, 0.717) is 31.1 Å². The molecule has 1 amide bonds. The van der Waals surface area contributed by atoms with Crippen molar-refractivity contribution in [3.8, 4) is 11.8 Å². The number of amides is 1. The monoisotopic (exact) mass is 470 g/mol. The van der Waals surface area contributed by atoms with Crippen LogP contribution in [-0.4, -0.2) is 41.6 Å². The first-order chi connectivity index (χ1) is 17.1. The molecule has 8 heteroatoms. The van der Waals surface area contributed by atoms with Crippen LogP contribution < -0.4 is 21.3 Å². The summed E-state index contributed by atoms with van der Waals surface area (Å²) in [6.07, 6.45) is 1.99. The highest BCUT2D eigenvalue weighted by atomic mass is 16.3. The number of hydrogen-bond donors (Lipinski definition) is 3. The minimum absolute atomic E-state index is 0.0930. The summed E-state index contributed by atoms with van der Waals surface area (Å²) in [7, 11) is 1.78. The van der Waals surface area contributed by atoms with Crippen LogP contribution in [0.3, 0.4) is 0 Å². The van der Waals surface area contributed by atoms with Crippen LogP contribution in [-0.2, 0) is 13.1 Å². The van der Waals surface area contributed by atoms with E-state index in [1.54, 1.807) is 14.0 Å². The summed E-state index contributed by atoms with van der Waals surface area (Å²) in [6, 6.07) is 14.1. The molecule has 0 saturated carbocycles. The third-order valence-corrected chi connectivity index (χ3v) is 6.45. The van der Waals surface area contributed by atoms with E-state index in [1.165, 1.54) is 0 Å². The fraction of sp³-hybridized carbons (Fsp3) is 0.333. The van der Waals surface area contributed by atoms with Crippen molar-refractivity contribution in [2.75, 3.05) is 30.4 Å². The molecule has 0 radical (unpaired) electrons. The molecule has 0 aliphatic carbocycles. The van der Waals surface area contributed by atoms with Gasteiger partial charge in [0.25, 0.3) is 5.91 Å². The van der Waals surface area contributed by atoms with Crippen molar-refractivity contribution in [1.29, 1.82) is 0 Å². The van der Waals surface area contributed by atoms with Gasteiger partial charge in [0.05, 0.1) is 6.54 Å². The van der Waals surface area contributed by atoms with Crippen LogP contribution >= 0.6 is 0 Å². The Labute approximate surface area is 204 Å². The minimum Gasteiger partial charge on any atom is -0.456 e. The number of aromatic nitrogens is 2. The number of para-hydroxylation sites is 1. The quantitative estimate of drug-likeness (QED) is 0.372. The zero-order valence-corrected chi connectivity index (χ0v) is 20.1. The van der Waals surface area contributed by atoms with Gasteiger partial charge in [-0.2, -0.15) is 4.98 Å². The maximum Gasteiger partial charge on any atom is 0.272 e. The van der Waals surface area contributed by atoms with E-state index in [2.05, 4.69) is 33.4 Å². The number of furan rings is 1. The fourth-order valence-electron chi connectivity index (χ4n) is 4.74. The second-order valence-corrected chi connectivity index (χ2v) is 8.83. The van der Waals surface area contributed by atoms with E-state index in [1.807, 2.05) is 41.0 Å². The van der Waals surface area contributed by atoms with Crippen molar-refractivity contribution in [2.24, 2.45) is 5.73 Å². The predicted molar refractivity (Wildman–Crippen MR) is 140 cm³/mol. The van der Waals surface area contributed by atoms with Crippen molar-refractivity contribution in [3.05, 3.63) is 53.7 Å². The molecular formula is C27H30N6O2. The van der Waals surface area contributed by atoms with Gasteiger partial charge in [-0.05, 0) is 43.5 Å². The average molecular weight is 471 g/mol. The third kappa shape index (κ3) is 4.43. The lowest BCUT2D eigenvalue weighted by molar-refractivity contribution is 0.0943. The Balaban J connectivity index is 1.43. The Bertz CT molecular complexity index is 1440.